The smallest absolute Gasteiger partial charge is 0.00937 e. The first kappa shape index (κ1) is 35.6. The molecule has 50 heavy (non-hydrogen) atoms. The largest absolute Gasteiger partial charge is 0.0912 e. The van der Waals surface area contributed by atoms with Crippen LogP contribution in [0.1, 0.15) is 71.2 Å². The molecule has 0 aromatic heterocycles. The molecule has 0 unspecified atom stereocenters. The van der Waals surface area contributed by atoms with E-state index in [0.717, 1.165) is 69.4 Å². The van der Waals surface area contributed by atoms with Crippen molar-refractivity contribution >= 4 is 28.9 Å². The van der Waals surface area contributed by atoms with E-state index in [1.807, 2.05) is 19.9 Å². The van der Waals surface area contributed by atoms with Gasteiger partial charge >= 0.3 is 0 Å². The Morgan fingerprint density at radius 1 is 0.640 bits per heavy atom. The van der Waals surface area contributed by atoms with Gasteiger partial charge in [-0.25, -0.2) is 0 Å². The van der Waals surface area contributed by atoms with Crippen LogP contribution in [0.4, 0.5) is 0 Å². The molecule has 1 aliphatic rings. The number of hydrogen-bond donors (Lipinski definition) is 0. The molecule has 0 N–H and O–H groups in total. The molecule has 0 nitrogen and oxygen atoms in total. The summed E-state index contributed by atoms with van der Waals surface area (Å²) in [4.78, 5) is 0. The molecule has 248 valence electrons. The van der Waals surface area contributed by atoms with Crippen LogP contribution in [-0.2, 0) is 6.42 Å². The van der Waals surface area contributed by atoms with E-state index in [9.17, 15) is 0 Å². The second-order valence-corrected chi connectivity index (χ2v) is 12.4. The Morgan fingerprint density at radius 3 is 2.08 bits per heavy atom. The minimum atomic E-state index is 0.816. The first-order valence-electron chi connectivity index (χ1n) is 17.7. The lowest BCUT2D eigenvalue weighted by Gasteiger charge is -2.17. The second kappa shape index (κ2) is 17.6. The fourth-order valence-corrected chi connectivity index (χ4v) is 6.16. The summed E-state index contributed by atoms with van der Waals surface area (Å²) in [5.41, 5.74) is 15.8. The summed E-state index contributed by atoms with van der Waals surface area (Å²) < 4.78 is 0. The molecule has 0 aliphatic heterocycles. The van der Waals surface area contributed by atoms with E-state index in [1.54, 1.807) is 0 Å². The summed E-state index contributed by atoms with van der Waals surface area (Å²) in [7, 11) is 0. The van der Waals surface area contributed by atoms with Gasteiger partial charge in [-0.05, 0) is 116 Å². The number of hydrogen-bond acceptors (Lipinski definition) is 0. The normalized spacial score (nSPS) is 12.3. The number of aryl methyl sites for hydroxylation is 1. The molecule has 0 fully saturated rings. The number of rotatable bonds is 11. The molecular weight excluding hydrogens is 601 g/mol. The SMILES string of the molecule is C=C(/C=C\c1ccccc1C)c1cc(C/C=C\c2ccccc2)cc(-c2cccc(C(=C)c3ccccc3C(=C)C3=CCCC=C3)c2)c1.CC. The highest BCUT2D eigenvalue weighted by Crippen LogP contribution is 2.35. The summed E-state index contributed by atoms with van der Waals surface area (Å²) >= 11 is 0. The van der Waals surface area contributed by atoms with E-state index < -0.39 is 0 Å². The zero-order chi connectivity index (χ0) is 35.3. The number of allylic oxidation sites excluding steroid dienone is 8. The van der Waals surface area contributed by atoms with Crippen LogP contribution in [0.5, 0.6) is 0 Å². The Kier molecular flexibility index (Phi) is 12.5. The van der Waals surface area contributed by atoms with E-state index in [2.05, 4.69) is 184 Å². The molecule has 0 radical (unpaired) electrons. The molecule has 5 aromatic rings. The third-order valence-electron chi connectivity index (χ3n) is 8.94. The van der Waals surface area contributed by atoms with Gasteiger partial charge < -0.3 is 0 Å². The van der Waals surface area contributed by atoms with Crippen molar-refractivity contribution < 1.29 is 0 Å². The molecule has 0 atom stereocenters. The first-order chi connectivity index (χ1) is 24.5. The monoisotopic (exact) mass is 648 g/mol. The first-order valence-corrected chi connectivity index (χ1v) is 17.7. The number of benzene rings is 5. The summed E-state index contributed by atoms with van der Waals surface area (Å²) in [6, 6.07) is 42.9. The minimum absolute atomic E-state index is 0.816. The lowest BCUT2D eigenvalue weighted by Crippen LogP contribution is -1.97. The summed E-state index contributed by atoms with van der Waals surface area (Å²) in [5, 5.41) is 0. The maximum absolute atomic E-state index is 4.60. The van der Waals surface area contributed by atoms with Gasteiger partial charge in [0.05, 0.1) is 0 Å². The average molecular weight is 649 g/mol. The van der Waals surface area contributed by atoms with Crippen LogP contribution in [0, 0.1) is 6.92 Å². The highest BCUT2D eigenvalue weighted by Gasteiger charge is 2.14. The minimum Gasteiger partial charge on any atom is -0.0912 e. The van der Waals surface area contributed by atoms with Crippen LogP contribution in [0.25, 0.3) is 40.0 Å². The topological polar surface area (TPSA) is 0 Å². The van der Waals surface area contributed by atoms with E-state index in [-0.39, 0.29) is 0 Å². The molecule has 1 aliphatic carbocycles. The Balaban J connectivity index is 0.00000239. The van der Waals surface area contributed by atoms with Crippen molar-refractivity contribution in [3.8, 4) is 11.1 Å². The van der Waals surface area contributed by atoms with Gasteiger partial charge in [-0.2, -0.15) is 0 Å². The Hall–Kier alpha value is -5.72. The van der Waals surface area contributed by atoms with Gasteiger partial charge in [0.2, 0.25) is 0 Å². The van der Waals surface area contributed by atoms with Crippen LogP contribution in [0.2, 0.25) is 0 Å². The van der Waals surface area contributed by atoms with Crippen molar-refractivity contribution in [3.05, 3.63) is 222 Å². The molecular formula is C50H48. The van der Waals surface area contributed by atoms with Crippen molar-refractivity contribution in [2.45, 2.75) is 40.0 Å². The summed E-state index contributed by atoms with van der Waals surface area (Å²) in [6.07, 6.45) is 18.4. The van der Waals surface area contributed by atoms with Gasteiger partial charge in [0.15, 0.2) is 0 Å². The Morgan fingerprint density at radius 2 is 1.34 bits per heavy atom. The van der Waals surface area contributed by atoms with Crippen molar-refractivity contribution in [1.29, 1.82) is 0 Å². The van der Waals surface area contributed by atoms with Crippen LogP contribution >= 0.6 is 0 Å². The highest BCUT2D eigenvalue weighted by atomic mass is 14.2. The van der Waals surface area contributed by atoms with Crippen LogP contribution in [-0.4, -0.2) is 0 Å². The van der Waals surface area contributed by atoms with E-state index in [0.29, 0.717) is 0 Å². The highest BCUT2D eigenvalue weighted by molar-refractivity contribution is 5.91. The van der Waals surface area contributed by atoms with Crippen LogP contribution < -0.4 is 0 Å². The summed E-state index contributed by atoms with van der Waals surface area (Å²) in [5.74, 6) is 0. The summed E-state index contributed by atoms with van der Waals surface area (Å²) in [6.45, 7) is 19.7. The van der Waals surface area contributed by atoms with Gasteiger partial charge in [0.1, 0.15) is 0 Å². The molecule has 0 spiro atoms. The van der Waals surface area contributed by atoms with Gasteiger partial charge in [-0.1, -0.05) is 185 Å². The predicted octanol–water partition coefficient (Wildman–Crippen LogP) is 14.0. The van der Waals surface area contributed by atoms with Crippen LogP contribution in [0.15, 0.2) is 177 Å². The molecule has 5 aromatic carbocycles. The molecule has 6 rings (SSSR count). The van der Waals surface area contributed by atoms with Crippen LogP contribution in [0.3, 0.4) is 0 Å². The van der Waals surface area contributed by atoms with Crippen molar-refractivity contribution in [2.75, 3.05) is 0 Å². The van der Waals surface area contributed by atoms with Gasteiger partial charge in [-0.3, -0.25) is 0 Å². The van der Waals surface area contributed by atoms with Gasteiger partial charge in [-0.15, -0.1) is 0 Å². The third-order valence-corrected chi connectivity index (χ3v) is 8.94. The third kappa shape index (κ3) is 9.04. The fourth-order valence-electron chi connectivity index (χ4n) is 6.16. The second-order valence-electron chi connectivity index (χ2n) is 12.4. The quantitative estimate of drug-likeness (QED) is 0.125. The molecule has 0 heteroatoms. The molecule has 0 bridgehead atoms. The standard InChI is InChI=1S/C48H42.C2H6/c1-35-17-11-12-22-41(35)30-29-36(2)45-31-40(21-15-20-39-18-7-5-8-19-39)32-46(34-45)44-26-16-25-43(33-44)38(4)48-28-14-13-27-47(48)37(3)42-23-9-6-10-24-42;1-2/h5,7-9,11-20,22-34H,2-4,6,10,21H2,1H3;1-2H3/b20-15-,30-29-;. The lowest BCUT2D eigenvalue weighted by molar-refractivity contribution is 1.03. The fraction of sp³-hybridized carbons (Fsp3) is 0.120. The molecule has 0 amide bonds. The van der Waals surface area contributed by atoms with Gasteiger partial charge in [0, 0.05) is 0 Å². The predicted molar refractivity (Wildman–Crippen MR) is 222 cm³/mol. The average Bonchev–Trinajstić information content (AvgIpc) is 3.18. The van der Waals surface area contributed by atoms with E-state index >= 15 is 0 Å². The van der Waals surface area contributed by atoms with Crippen molar-refractivity contribution in [2.24, 2.45) is 0 Å². The molecule has 0 saturated carbocycles. The van der Waals surface area contributed by atoms with Gasteiger partial charge in [0.25, 0.3) is 0 Å². The van der Waals surface area contributed by atoms with Crippen molar-refractivity contribution in [1.82, 2.24) is 0 Å². The zero-order valence-electron chi connectivity index (χ0n) is 29.8. The Labute approximate surface area is 300 Å². The lowest BCUT2D eigenvalue weighted by atomic mass is 9.87. The molecule has 0 heterocycles. The van der Waals surface area contributed by atoms with E-state index in [1.165, 1.54) is 27.8 Å². The maximum Gasteiger partial charge on any atom is -0.00937 e. The zero-order valence-corrected chi connectivity index (χ0v) is 29.8. The van der Waals surface area contributed by atoms with E-state index in [4.69, 9.17) is 0 Å². The van der Waals surface area contributed by atoms with Crippen molar-refractivity contribution in [3.63, 3.8) is 0 Å². The Bertz CT molecular complexity index is 2090. The molecule has 0 saturated heterocycles. The maximum atomic E-state index is 4.60.